The summed E-state index contributed by atoms with van der Waals surface area (Å²) < 4.78 is 4.86. The van der Waals surface area contributed by atoms with E-state index in [2.05, 4.69) is 15.0 Å². The van der Waals surface area contributed by atoms with Crippen LogP contribution in [0.15, 0.2) is 61.2 Å². The van der Waals surface area contributed by atoms with Gasteiger partial charge in [-0.2, -0.15) is 0 Å². The summed E-state index contributed by atoms with van der Waals surface area (Å²) in [6.07, 6.45) is 7.06. The number of ether oxygens (including phenoxy) is 1. The van der Waals surface area contributed by atoms with Crippen molar-refractivity contribution in [1.82, 2.24) is 15.0 Å². The fourth-order valence-corrected chi connectivity index (χ4v) is 1.61. The SMILES string of the molecule is COc1ccc(C)cn1.Cc1cccnc1.Cc1cccnc1Cl. The molecule has 3 aromatic heterocycles. The second-order valence-corrected chi connectivity index (χ2v) is 5.38. The van der Waals surface area contributed by atoms with Crippen molar-refractivity contribution in [3.63, 3.8) is 0 Å². The van der Waals surface area contributed by atoms with Crippen molar-refractivity contribution < 1.29 is 4.74 Å². The van der Waals surface area contributed by atoms with Crippen molar-refractivity contribution in [3.05, 3.63) is 83.0 Å². The first kappa shape index (κ1) is 19.6. The van der Waals surface area contributed by atoms with Gasteiger partial charge in [0.1, 0.15) is 5.15 Å². The Bertz CT molecular complexity index is 682. The number of hydrogen-bond acceptors (Lipinski definition) is 4. The zero-order valence-corrected chi connectivity index (χ0v) is 15.2. The van der Waals surface area contributed by atoms with Crippen molar-refractivity contribution in [2.24, 2.45) is 0 Å². The van der Waals surface area contributed by atoms with E-state index in [1.807, 2.05) is 63.4 Å². The molecule has 0 spiro atoms. The largest absolute Gasteiger partial charge is 0.481 e. The Balaban J connectivity index is 0.000000181. The minimum Gasteiger partial charge on any atom is -0.481 e. The minimum atomic E-state index is 0.590. The molecule has 3 rings (SSSR count). The molecule has 0 bridgehead atoms. The molecule has 0 N–H and O–H groups in total. The van der Waals surface area contributed by atoms with Crippen LogP contribution in [-0.4, -0.2) is 22.1 Å². The minimum absolute atomic E-state index is 0.590. The first-order valence-electron chi connectivity index (χ1n) is 7.43. The van der Waals surface area contributed by atoms with Crippen LogP contribution in [0.4, 0.5) is 0 Å². The van der Waals surface area contributed by atoms with Gasteiger partial charge < -0.3 is 4.74 Å². The van der Waals surface area contributed by atoms with Crippen LogP contribution < -0.4 is 4.74 Å². The number of nitrogens with zero attached hydrogens (tertiary/aromatic N) is 3. The van der Waals surface area contributed by atoms with Gasteiger partial charge in [0.15, 0.2) is 0 Å². The van der Waals surface area contributed by atoms with E-state index in [1.165, 1.54) is 5.56 Å². The molecule has 0 unspecified atom stereocenters. The maximum atomic E-state index is 5.60. The first-order valence-corrected chi connectivity index (χ1v) is 7.81. The fourth-order valence-electron chi connectivity index (χ4n) is 1.49. The number of aryl methyl sites for hydroxylation is 3. The normalized spacial score (nSPS) is 9.04. The average molecular weight is 344 g/mol. The number of aromatic nitrogens is 3. The van der Waals surface area contributed by atoms with Gasteiger partial charge in [-0.3, -0.25) is 4.98 Å². The lowest BCUT2D eigenvalue weighted by molar-refractivity contribution is 0.397. The summed E-state index contributed by atoms with van der Waals surface area (Å²) in [5.74, 6) is 0.667. The molecule has 0 amide bonds. The third-order valence-corrected chi connectivity index (χ3v) is 3.24. The lowest BCUT2D eigenvalue weighted by Gasteiger charge is -1.95. The van der Waals surface area contributed by atoms with E-state index in [1.54, 1.807) is 25.7 Å². The maximum Gasteiger partial charge on any atom is 0.212 e. The Morgan fingerprint density at radius 2 is 1.54 bits per heavy atom. The molecule has 0 saturated heterocycles. The zero-order valence-electron chi connectivity index (χ0n) is 14.4. The van der Waals surface area contributed by atoms with Gasteiger partial charge in [-0.1, -0.05) is 29.8 Å². The van der Waals surface area contributed by atoms with Crippen LogP contribution in [0, 0.1) is 20.8 Å². The summed E-state index contributed by atoms with van der Waals surface area (Å²) in [4.78, 5) is 11.7. The standard InChI is InChI=1S/C7H9NO.C6H6ClN.C6H7N/c1-6-3-4-7(9-2)8-5-6;1-5-3-2-4-8-6(5)7;1-6-3-2-4-7-5-6/h3-5H,1-2H3;2-4H,1H3;2-5H,1H3. The van der Waals surface area contributed by atoms with Crippen molar-refractivity contribution in [2.75, 3.05) is 7.11 Å². The van der Waals surface area contributed by atoms with E-state index in [9.17, 15) is 0 Å². The molecule has 3 aromatic rings. The van der Waals surface area contributed by atoms with Crippen molar-refractivity contribution in [1.29, 1.82) is 0 Å². The Hall–Kier alpha value is -2.46. The van der Waals surface area contributed by atoms with E-state index in [0.717, 1.165) is 11.1 Å². The molecule has 0 aliphatic rings. The van der Waals surface area contributed by atoms with Crippen molar-refractivity contribution >= 4 is 11.6 Å². The van der Waals surface area contributed by atoms with Crippen molar-refractivity contribution in [2.45, 2.75) is 20.8 Å². The van der Waals surface area contributed by atoms with Crippen LogP contribution in [0.25, 0.3) is 0 Å². The van der Waals surface area contributed by atoms with E-state index >= 15 is 0 Å². The summed E-state index contributed by atoms with van der Waals surface area (Å²) in [5, 5.41) is 0.590. The van der Waals surface area contributed by atoms with Gasteiger partial charge in [0.2, 0.25) is 5.88 Å². The van der Waals surface area contributed by atoms with Gasteiger partial charge in [0.25, 0.3) is 0 Å². The predicted octanol–water partition coefficient (Wildman–Crippen LogP) is 4.83. The van der Waals surface area contributed by atoms with Gasteiger partial charge in [-0.05, 0) is 49.6 Å². The van der Waals surface area contributed by atoms with Gasteiger partial charge in [-0.15, -0.1) is 0 Å². The predicted molar refractivity (Wildman–Crippen MR) is 98.5 cm³/mol. The second kappa shape index (κ2) is 11.1. The van der Waals surface area contributed by atoms with Gasteiger partial charge in [0, 0.05) is 30.9 Å². The smallest absolute Gasteiger partial charge is 0.212 e. The molecule has 0 aromatic carbocycles. The van der Waals surface area contributed by atoms with E-state index < -0.39 is 0 Å². The zero-order chi connectivity index (χ0) is 17.8. The molecule has 126 valence electrons. The van der Waals surface area contributed by atoms with Crippen LogP contribution >= 0.6 is 11.6 Å². The summed E-state index contributed by atoms with van der Waals surface area (Å²) >= 11 is 5.60. The Labute approximate surface area is 148 Å². The van der Waals surface area contributed by atoms with Crippen LogP contribution in [0.2, 0.25) is 5.15 Å². The first-order chi connectivity index (χ1) is 11.5. The number of halogens is 1. The molecule has 5 heteroatoms. The molecule has 0 fully saturated rings. The molecule has 0 aliphatic carbocycles. The topological polar surface area (TPSA) is 47.9 Å². The molecule has 0 atom stereocenters. The number of methoxy groups -OCH3 is 1. The quantitative estimate of drug-likeness (QED) is 0.593. The summed E-state index contributed by atoms with van der Waals surface area (Å²) in [7, 11) is 1.61. The summed E-state index contributed by atoms with van der Waals surface area (Å²) in [6.45, 7) is 5.94. The lowest BCUT2D eigenvalue weighted by Crippen LogP contribution is -1.85. The monoisotopic (exact) mass is 343 g/mol. The van der Waals surface area contributed by atoms with Gasteiger partial charge in [0.05, 0.1) is 7.11 Å². The highest BCUT2D eigenvalue weighted by molar-refractivity contribution is 6.30. The molecule has 0 aliphatic heterocycles. The van der Waals surface area contributed by atoms with Crippen LogP contribution in [-0.2, 0) is 0 Å². The Morgan fingerprint density at radius 1 is 0.833 bits per heavy atom. The van der Waals surface area contributed by atoms with Gasteiger partial charge in [-0.25, -0.2) is 9.97 Å². The third-order valence-electron chi connectivity index (χ3n) is 2.85. The highest BCUT2D eigenvalue weighted by atomic mass is 35.5. The van der Waals surface area contributed by atoms with E-state index in [4.69, 9.17) is 16.3 Å². The van der Waals surface area contributed by atoms with Crippen LogP contribution in [0.3, 0.4) is 0 Å². The van der Waals surface area contributed by atoms with E-state index in [-0.39, 0.29) is 0 Å². The maximum absolute atomic E-state index is 5.60. The number of hydrogen-bond donors (Lipinski definition) is 0. The molecule has 24 heavy (non-hydrogen) atoms. The fraction of sp³-hybridized carbons (Fsp3) is 0.211. The molecular weight excluding hydrogens is 322 g/mol. The third kappa shape index (κ3) is 8.25. The second-order valence-electron chi connectivity index (χ2n) is 5.02. The summed E-state index contributed by atoms with van der Waals surface area (Å²) in [5.41, 5.74) is 3.38. The highest BCUT2D eigenvalue weighted by Crippen LogP contribution is 2.07. The van der Waals surface area contributed by atoms with Crippen molar-refractivity contribution in [3.8, 4) is 5.88 Å². The molecule has 3 heterocycles. The molecule has 0 saturated carbocycles. The number of rotatable bonds is 1. The average Bonchev–Trinajstić information content (AvgIpc) is 2.60. The lowest BCUT2D eigenvalue weighted by atomic mass is 10.3. The highest BCUT2D eigenvalue weighted by Gasteiger charge is 1.88. The Morgan fingerprint density at radius 3 is 1.92 bits per heavy atom. The molecule has 4 nitrogen and oxygen atoms in total. The molecular formula is C19H22ClN3O. The molecule has 0 radical (unpaired) electrons. The van der Waals surface area contributed by atoms with Crippen LogP contribution in [0.5, 0.6) is 5.88 Å². The Kier molecular flexibility index (Phi) is 9.09. The van der Waals surface area contributed by atoms with E-state index in [0.29, 0.717) is 11.0 Å². The number of pyridine rings is 3. The van der Waals surface area contributed by atoms with Crippen LogP contribution in [0.1, 0.15) is 16.7 Å². The summed E-state index contributed by atoms with van der Waals surface area (Å²) in [6, 6.07) is 11.5. The van der Waals surface area contributed by atoms with Gasteiger partial charge >= 0.3 is 0 Å².